The van der Waals surface area contributed by atoms with Gasteiger partial charge in [0.25, 0.3) is 5.91 Å². The van der Waals surface area contributed by atoms with Crippen LogP contribution in [0, 0.1) is 6.92 Å². The molecule has 0 saturated carbocycles. The van der Waals surface area contributed by atoms with Crippen LogP contribution < -0.4 is 4.90 Å². The van der Waals surface area contributed by atoms with Crippen molar-refractivity contribution in [2.75, 3.05) is 4.90 Å². The molecule has 6 heteroatoms. The van der Waals surface area contributed by atoms with Crippen LogP contribution in [0.3, 0.4) is 0 Å². The number of thiazole rings is 1. The molecular formula is C13H16N4OS. The topological polar surface area (TPSA) is 51.0 Å². The van der Waals surface area contributed by atoms with Crippen molar-refractivity contribution >= 4 is 23.1 Å². The van der Waals surface area contributed by atoms with Crippen molar-refractivity contribution in [3.8, 4) is 0 Å². The lowest BCUT2D eigenvalue weighted by atomic mass is 10.1. The fraction of sp³-hybridized carbons (Fsp3) is 0.462. The summed E-state index contributed by atoms with van der Waals surface area (Å²) < 4.78 is 1.91. The van der Waals surface area contributed by atoms with Gasteiger partial charge in [-0.25, -0.2) is 9.67 Å². The minimum atomic E-state index is -0.0366. The summed E-state index contributed by atoms with van der Waals surface area (Å²) in [5, 5.41) is 7.04. The molecule has 0 spiro atoms. The lowest BCUT2D eigenvalue weighted by molar-refractivity contribution is 0.0962. The molecular weight excluding hydrogens is 260 g/mol. The van der Waals surface area contributed by atoms with E-state index >= 15 is 0 Å². The van der Waals surface area contributed by atoms with Crippen molar-refractivity contribution in [3.63, 3.8) is 0 Å². The van der Waals surface area contributed by atoms with Crippen LogP contribution in [0.15, 0.2) is 17.6 Å². The molecule has 2 aromatic heterocycles. The molecule has 0 N–H and O–H groups in total. The number of anilines is 1. The summed E-state index contributed by atoms with van der Waals surface area (Å²) >= 11 is 1.50. The third-order valence-corrected chi connectivity index (χ3v) is 4.27. The number of nitrogens with zero attached hydrogens (tertiary/aromatic N) is 4. The predicted octanol–water partition coefficient (Wildman–Crippen LogP) is 2.65. The minimum Gasteiger partial charge on any atom is -0.289 e. The van der Waals surface area contributed by atoms with Crippen molar-refractivity contribution in [3.05, 3.63) is 28.3 Å². The maximum atomic E-state index is 12.6. The van der Waals surface area contributed by atoms with Gasteiger partial charge >= 0.3 is 0 Å². The van der Waals surface area contributed by atoms with Gasteiger partial charge < -0.3 is 0 Å². The molecule has 0 radical (unpaired) electrons. The Hall–Kier alpha value is -1.69. The van der Waals surface area contributed by atoms with Gasteiger partial charge in [0, 0.05) is 17.5 Å². The van der Waals surface area contributed by atoms with E-state index in [1.807, 2.05) is 28.0 Å². The van der Waals surface area contributed by atoms with Gasteiger partial charge in [-0.05, 0) is 27.2 Å². The number of hydrogen-bond acceptors (Lipinski definition) is 4. The molecule has 1 aliphatic heterocycles. The second kappa shape index (κ2) is 4.45. The minimum absolute atomic E-state index is 0.0366. The lowest BCUT2D eigenvalue weighted by Crippen LogP contribution is -2.45. The largest absolute Gasteiger partial charge is 0.289 e. The molecule has 0 saturated heterocycles. The van der Waals surface area contributed by atoms with E-state index in [1.54, 1.807) is 6.20 Å². The van der Waals surface area contributed by atoms with Crippen molar-refractivity contribution in [1.82, 2.24) is 14.8 Å². The highest BCUT2D eigenvalue weighted by Gasteiger charge is 2.33. The fourth-order valence-electron chi connectivity index (χ4n) is 2.65. The summed E-state index contributed by atoms with van der Waals surface area (Å²) in [4.78, 5) is 18.7. The molecule has 1 aliphatic rings. The number of aryl methyl sites for hydroxylation is 1. The average Bonchev–Trinajstić information content (AvgIpc) is 2.97. The second-order valence-electron chi connectivity index (χ2n) is 4.99. The smallest absolute Gasteiger partial charge is 0.279 e. The monoisotopic (exact) mass is 276 g/mol. The van der Waals surface area contributed by atoms with Gasteiger partial charge in [-0.1, -0.05) is 0 Å². The van der Waals surface area contributed by atoms with E-state index in [1.165, 1.54) is 11.3 Å². The Morgan fingerprint density at radius 3 is 2.89 bits per heavy atom. The molecule has 5 nitrogen and oxygen atoms in total. The first-order valence-corrected chi connectivity index (χ1v) is 7.25. The molecule has 19 heavy (non-hydrogen) atoms. The van der Waals surface area contributed by atoms with E-state index in [-0.39, 0.29) is 11.9 Å². The second-order valence-corrected chi connectivity index (χ2v) is 6.06. The standard InChI is InChI=1S/C13H16N4OS/c1-8-6-9(2)17-12(4-5-14-17)16(8)13(18)11-7-19-10(3)15-11/h4-5,7-9H,6H2,1-3H3. The summed E-state index contributed by atoms with van der Waals surface area (Å²) in [5.74, 6) is 0.826. The van der Waals surface area contributed by atoms with Crippen molar-refractivity contribution in [1.29, 1.82) is 0 Å². The first-order chi connectivity index (χ1) is 9.08. The summed E-state index contributed by atoms with van der Waals surface area (Å²) in [7, 11) is 0. The van der Waals surface area contributed by atoms with Crippen LogP contribution in [0.25, 0.3) is 0 Å². The van der Waals surface area contributed by atoms with Gasteiger partial charge in [0.15, 0.2) is 0 Å². The molecule has 2 atom stereocenters. The average molecular weight is 276 g/mol. The number of aromatic nitrogens is 3. The number of carbonyl (C=O) groups excluding carboxylic acids is 1. The zero-order chi connectivity index (χ0) is 13.6. The first-order valence-electron chi connectivity index (χ1n) is 6.37. The Bertz CT molecular complexity index is 618. The lowest BCUT2D eigenvalue weighted by Gasteiger charge is -2.36. The summed E-state index contributed by atoms with van der Waals surface area (Å²) in [6, 6.07) is 2.37. The summed E-state index contributed by atoms with van der Waals surface area (Å²) in [6.45, 7) is 6.11. The van der Waals surface area contributed by atoms with Gasteiger partial charge in [-0.3, -0.25) is 9.69 Å². The number of carbonyl (C=O) groups is 1. The molecule has 1 amide bonds. The third-order valence-electron chi connectivity index (χ3n) is 3.49. The molecule has 100 valence electrons. The van der Waals surface area contributed by atoms with Crippen molar-refractivity contribution < 1.29 is 4.79 Å². The zero-order valence-electron chi connectivity index (χ0n) is 11.2. The van der Waals surface area contributed by atoms with Crippen LogP contribution in [0.2, 0.25) is 0 Å². The normalized spacial score (nSPS) is 22.4. The number of fused-ring (bicyclic) bond motifs is 1. The molecule has 3 rings (SSSR count). The molecule has 0 fully saturated rings. The summed E-state index contributed by atoms with van der Waals surface area (Å²) in [6.07, 6.45) is 2.65. The van der Waals surface area contributed by atoms with E-state index in [0.717, 1.165) is 17.2 Å². The zero-order valence-corrected chi connectivity index (χ0v) is 12.0. The van der Waals surface area contributed by atoms with Crippen LogP contribution in [0.5, 0.6) is 0 Å². The van der Waals surface area contributed by atoms with Crippen molar-refractivity contribution in [2.24, 2.45) is 0 Å². The van der Waals surface area contributed by atoms with Crippen LogP contribution in [0.4, 0.5) is 5.82 Å². The molecule has 3 heterocycles. The highest BCUT2D eigenvalue weighted by Crippen LogP contribution is 2.32. The molecule has 2 unspecified atom stereocenters. The van der Waals surface area contributed by atoms with Crippen molar-refractivity contribution in [2.45, 2.75) is 39.3 Å². The Morgan fingerprint density at radius 1 is 1.42 bits per heavy atom. The van der Waals surface area contributed by atoms with Gasteiger partial charge in [-0.2, -0.15) is 5.10 Å². The van der Waals surface area contributed by atoms with Gasteiger partial charge in [0.05, 0.1) is 17.2 Å². The molecule has 2 aromatic rings. The van der Waals surface area contributed by atoms with E-state index in [2.05, 4.69) is 23.9 Å². The number of amides is 1. The van der Waals surface area contributed by atoms with E-state index in [9.17, 15) is 4.79 Å². The first kappa shape index (κ1) is 12.3. The van der Waals surface area contributed by atoms with Gasteiger partial charge in [0.2, 0.25) is 0 Å². The fourth-order valence-corrected chi connectivity index (χ4v) is 3.24. The Kier molecular flexibility index (Phi) is 2.89. The molecule has 0 aromatic carbocycles. The molecule has 0 aliphatic carbocycles. The van der Waals surface area contributed by atoms with Crippen LogP contribution in [-0.4, -0.2) is 26.7 Å². The van der Waals surface area contributed by atoms with Crippen LogP contribution in [-0.2, 0) is 0 Å². The highest BCUT2D eigenvalue weighted by molar-refractivity contribution is 7.09. The highest BCUT2D eigenvalue weighted by atomic mass is 32.1. The maximum Gasteiger partial charge on any atom is 0.279 e. The quantitative estimate of drug-likeness (QED) is 0.804. The predicted molar refractivity (Wildman–Crippen MR) is 74.7 cm³/mol. The number of rotatable bonds is 1. The summed E-state index contributed by atoms with van der Waals surface area (Å²) in [5.41, 5.74) is 0.525. The molecule has 0 bridgehead atoms. The van der Waals surface area contributed by atoms with E-state index in [4.69, 9.17) is 0 Å². The third kappa shape index (κ3) is 1.96. The van der Waals surface area contributed by atoms with E-state index < -0.39 is 0 Å². The van der Waals surface area contributed by atoms with E-state index in [0.29, 0.717) is 11.7 Å². The maximum absolute atomic E-state index is 12.6. The Labute approximate surface area is 115 Å². The van der Waals surface area contributed by atoms with Crippen LogP contribution >= 0.6 is 11.3 Å². The Balaban J connectivity index is 2.01. The van der Waals surface area contributed by atoms with Gasteiger partial charge in [0.1, 0.15) is 11.5 Å². The number of hydrogen-bond donors (Lipinski definition) is 0. The van der Waals surface area contributed by atoms with Gasteiger partial charge in [-0.15, -0.1) is 11.3 Å². The SMILES string of the molecule is Cc1nc(C(=O)N2c3ccnn3C(C)CC2C)cs1. The Morgan fingerprint density at radius 2 is 2.21 bits per heavy atom. The van der Waals surface area contributed by atoms with Crippen LogP contribution in [0.1, 0.15) is 41.8 Å².